The van der Waals surface area contributed by atoms with Crippen LogP contribution in [0.5, 0.6) is 5.75 Å². The zero-order chi connectivity index (χ0) is 20.3. The van der Waals surface area contributed by atoms with Gasteiger partial charge in [0.15, 0.2) is 0 Å². The van der Waals surface area contributed by atoms with Gasteiger partial charge in [-0.15, -0.1) is 0 Å². The average Bonchev–Trinajstić information content (AvgIpc) is 3.21. The van der Waals surface area contributed by atoms with Crippen molar-refractivity contribution < 1.29 is 17.6 Å². The molecule has 0 atom stereocenters. The minimum absolute atomic E-state index is 0.239. The first kappa shape index (κ1) is 19.3. The molecule has 2 heterocycles. The highest BCUT2D eigenvalue weighted by atomic mass is 32.2. The summed E-state index contributed by atoms with van der Waals surface area (Å²) in [7, 11) is -3.59. The lowest BCUT2D eigenvalue weighted by Gasteiger charge is -2.22. The van der Waals surface area contributed by atoms with Gasteiger partial charge in [-0.05, 0) is 54.5 Å². The molecule has 0 amide bonds. The first-order valence-electron chi connectivity index (χ1n) is 9.62. The van der Waals surface area contributed by atoms with Crippen LogP contribution in [0.3, 0.4) is 0 Å². The number of sulfone groups is 1. The number of ether oxygens (including phenoxy) is 1. The van der Waals surface area contributed by atoms with E-state index in [4.69, 9.17) is 9.15 Å². The van der Waals surface area contributed by atoms with Crippen LogP contribution in [0.25, 0.3) is 6.08 Å². The normalized spacial score (nSPS) is 13.3. The summed E-state index contributed by atoms with van der Waals surface area (Å²) >= 11 is 0. The minimum atomic E-state index is -3.59. The van der Waals surface area contributed by atoms with E-state index in [0.29, 0.717) is 25.4 Å². The molecule has 0 radical (unpaired) electrons. The van der Waals surface area contributed by atoms with Crippen molar-refractivity contribution in [1.82, 2.24) is 4.90 Å². The SMILES string of the molecule is CCCOc1cccc(S(=O)(=O)c2ccc(CN3C=Cc4ccoc4C3)cc2)c1. The number of hydrogen-bond donors (Lipinski definition) is 0. The van der Waals surface area contributed by atoms with E-state index in [0.717, 1.165) is 23.3 Å². The van der Waals surface area contributed by atoms with Crippen LogP contribution in [0, 0.1) is 0 Å². The Kier molecular flexibility index (Phi) is 5.45. The Bertz CT molecular complexity index is 1110. The molecule has 6 heteroatoms. The van der Waals surface area contributed by atoms with Crippen LogP contribution in [0.2, 0.25) is 0 Å². The van der Waals surface area contributed by atoms with Crippen molar-refractivity contribution in [3.05, 3.63) is 83.9 Å². The molecule has 1 aromatic heterocycles. The molecular weight excluding hydrogens is 386 g/mol. The molecule has 0 saturated heterocycles. The molecular formula is C23H23NO4S. The van der Waals surface area contributed by atoms with Crippen molar-refractivity contribution in [3.8, 4) is 5.75 Å². The van der Waals surface area contributed by atoms with Gasteiger partial charge < -0.3 is 14.1 Å². The number of benzene rings is 2. The molecule has 29 heavy (non-hydrogen) atoms. The van der Waals surface area contributed by atoms with Crippen LogP contribution in [-0.2, 0) is 22.9 Å². The summed E-state index contributed by atoms with van der Waals surface area (Å²) in [5.74, 6) is 1.51. The molecule has 0 N–H and O–H groups in total. The van der Waals surface area contributed by atoms with Crippen molar-refractivity contribution >= 4 is 15.9 Å². The van der Waals surface area contributed by atoms with Gasteiger partial charge in [-0.25, -0.2) is 8.42 Å². The van der Waals surface area contributed by atoms with Gasteiger partial charge in [0.2, 0.25) is 9.84 Å². The molecule has 0 saturated carbocycles. The highest BCUT2D eigenvalue weighted by molar-refractivity contribution is 7.91. The molecule has 0 unspecified atom stereocenters. The quantitative estimate of drug-likeness (QED) is 0.556. The maximum Gasteiger partial charge on any atom is 0.206 e. The van der Waals surface area contributed by atoms with Crippen LogP contribution >= 0.6 is 0 Å². The van der Waals surface area contributed by atoms with Crippen molar-refractivity contribution in [1.29, 1.82) is 0 Å². The summed E-state index contributed by atoms with van der Waals surface area (Å²) in [5, 5.41) is 0. The Hall–Kier alpha value is -2.99. The molecule has 1 aliphatic rings. The highest BCUT2D eigenvalue weighted by Gasteiger charge is 2.19. The van der Waals surface area contributed by atoms with E-state index < -0.39 is 9.84 Å². The van der Waals surface area contributed by atoms with Crippen LogP contribution in [-0.4, -0.2) is 19.9 Å². The molecule has 0 bridgehead atoms. The van der Waals surface area contributed by atoms with E-state index in [2.05, 4.69) is 4.90 Å². The average molecular weight is 410 g/mol. The van der Waals surface area contributed by atoms with E-state index in [1.165, 1.54) is 0 Å². The molecule has 1 aliphatic heterocycles. The van der Waals surface area contributed by atoms with Crippen LogP contribution in [0.1, 0.15) is 30.2 Å². The van der Waals surface area contributed by atoms with Crippen LogP contribution in [0.4, 0.5) is 0 Å². The third-order valence-electron chi connectivity index (χ3n) is 4.80. The predicted octanol–water partition coefficient (Wildman–Crippen LogP) is 4.89. The van der Waals surface area contributed by atoms with Crippen LogP contribution in [0.15, 0.2) is 81.3 Å². The summed E-state index contributed by atoms with van der Waals surface area (Å²) in [6.07, 6.45) is 6.62. The lowest BCUT2D eigenvalue weighted by molar-refractivity contribution is 0.316. The highest BCUT2D eigenvalue weighted by Crippen LogP contribution is 2.26. The topological polar surface area (TPSA) is 59.8 Å². The predicted molar refractivity (Wildman–Crippen MR) is 111 cm³/mol. The van der Waals surface area contributed by atoms with Gasteiger partial charge in [0, 0.05) is 18.3 Å². The van der Waals surface area contributed by atoms with E-state index >= 15 is 0 Å². The summed E-state index contributed by atoms with van der Waals surface area (Å²) in [6, 6.07) is 15.6. The third-order valence-corrected chi connectivity index (χ3v) is 6.57. The monoisotopic (exact) mass is 409 g/mol. The third kappa shape index (κ3) is 4.22. The fourth-order valence-corrected chi connectivity index (χ4v) is 4.55. The second-order valence-electron chi connectivity index (χ2n) is 6.99. The molecule has 5 nitrogen and oxygen atoms in total. The largest absolute Gasteiger partial charge is 0.494 e. The van der Waals surface area contributed by atoms with E-state index in [1.54, 1.807) is 42.7 Å². The zero-order valence-electron chi connectivity index (χ0n) is 16.2. The van der Waals surface area contributed by atoms with Gasteiger partial charge in [-0.2, -0.15) is 0 Å². The van der Waals surface area contributed by atoms with Crippen molar-refractivity contribution in [2.45, 2.75) is 36.2 Å². The van der Waals surface area contributed by atoms with Gasteiger partial charge >= 0.3 is 0 Å². The van der Waals surface area contributed by atoms with Gasteiger partial charge in [0.1, 0.15) is 11.5 Å². The summed E-state index contributed by atoms with van der Waals surface area (Å²) < 4.78 is 37.0. The number of furan rings is 1. The van der Waals surface area contributed by atoms with Gasteiger partial charge in [0.05, 0.1) is 29.2 Å². The zero-order valence-corrected chi connectivity index (χ0v) is 17.1. The number of fused-ring (bicyclic) bond motifs is 1. The van der Waals surface area contributed by atoms with Gasteiger partial charge in [0.25, 0.3) is 0 Å². The molecule has 0 aliphatic carbocycles. The lowest BCUT2D eigenvalue weighted by atomic mass is 10.1. The smallest absolute Gasteiger partial charge is 0.206 e. The summed E-state index contributed by atoms with van der Waals surface area (Å²) in [5.41, 5.74) is 2.14. The minimum Gasteiger partial charge on any atom is -0.494 e. The first-order valence-corrected chi connectivity index (χ1v) is 11.1. The van der Waals surface area contributed by atoms with Crippen LogP contribution < -0.4 is 4.74 Å². The fraction of sp³-hybridized carbons (Fsp3) is 0.217. The van der Waals surface area contributed by atoms with Crippen molar-refractivity contribution in [3.63, 3.8) is 0 Å². The number of rotatable bonds is 7. The fourth-order valence-electron chi connectivity index (χ4n) is 3.25. The Morgan fingerprint density at radius 3 is 2.69 bits per heavy atom. The molecule has 4 rings (SSSR count). The van der Waals surface area contributed by atoms with Gasteiger partial charge in [-0.3, -0.25) is 0 Å². The second kappa shape index (κ2) is 8.17. The molecule has 150 valence electrons. The van der Waals surface area contributed by atoms with E-state index in [-0.39, 0.29) is 9.79 Å². The lowest BCUT2D eigenvalue weighted by Crippen LogP contribution is -2.18. The maximum absolute atomic E-state index is 13.0. The number of hydrogen-bond acceptors (Lipinski definition) is 5. The molecule has 3 aromatic rings. The summed E-state index contributed by atoms with van der Waals surface area (Å²) in [6.45, 7) is 3.94. The molecule has 2 aromatic carbocycles. The Labute approximate surface area is 171 Å². The Morgan fingerprint density at radius 1 is 1.07 bits per heavy atom. The Balaban J connectivity index is 1.48. The summed E-state index contributed by atoms with van der Waals surface area (Å²) in [4.78, 5) is 2.64. The number of nitrogens with zero attached hydrogens (tertiary/aromatic N) is 1. The first-order chi connectivity index (χ1) is 14.1. The van der Waals surface area contributed by atoms with E-state index in [9.17, 15) is 8.42 Å². The standard InChI is InChI=1S/C23H23NO4S/c1-2-13-27-20-4-3-5-22(15-20)29(25,26)21-8-6-18(7-9-21)16-24-12-10-19-11-14-28-23(19)17-24/h3-12,14-15H,2,13,16-17H2,1H3. The van der Waals surface area contributed by atoms with Crippen molar-refractivity contribution in [2.75, 3.05) is 6.61 Å². The maximum atomic E-state index is 13.0. The second-order valence-corrected chi connectivity index (χ2v) is 8.94. The van der Waals surface area contributed by atoms with E-state index in [1.807, 2.05) is 37.4 Å². The van der Waals surface area contributed by atoms with Gasteiger partial charge in [-0.1, -0.05) is 25.1 Å². The molecule has 0 fully saturated rings. The van der Waals surface area contributed by atoms with Crippen molar-refractivity contribution in [2.24, 2.45) is 0 Å². The molecule has 0 spiro atoms. The Morgan fingerprint density at radius 2 is 1.90 bits per heavy atom.